The Kier molecular flexibility index (Phi) is 3.38. The van der Waals surface area contributed by atoms with Crippen LogP contribution in [0.1, 0.15) is 23.5 Å². The van der Waals surface area contributed by atoms with Gasteiger partial charge in [-0.2, -0.15) is 0 Å². The first-order valence-corrected chi connectivity index (χ1v) is 6.07. The summed E-state index contributed by atoms with van der Waals surface area (Å²) in [6.07, 6.45) is 0. The largest absolute Gasteiger partial charge is 0.375 e. The molecule has 0 aliphatic heterocycles. The third-order valence-corrected chi connectivity index (χ3v) is 3.59. The molecule has 1 N–H and O–H groups in total. The van der Waals surface area contributed by atoms with Crippen molar-refractivity contribution in [2.45, 2.75) is 19.9 Å². The Labute approximate surface area is 102 Å². The summed E-state index contributed by atoms with van der Waals surface area (Å²) in [6.45, 7) is 3.79. The number of nitrogens with one attached hydrogen (secondary N) is 1. The SMILES string of the molecule is Cc1ncsc1C(C)Nc1cc(F)ccc1F. The molecule has 1 aromatic heterocycles. The maximum atomic E-state index is 13.4. The van der Waals surface area contributed by atoms with Gasteiger partial charge in [0.2, 0.25) is 0 Å². The van der Waals surface area contributed by atoms with Crippen molar-refractivity contribution in [3.8, 4) is 0 Å². The normalized spacial score (nSPS) is 12.5. The number of thiazole rings is 1. The summed E-state index contributed by atoms with van der Waals surface area (Å²) < 4.78 is 26.4. The molecule has 17 heavy (non-hydrogen) atoms. The Morgan fingerprint density at radius 3 is 2.76 bits per heavy atom. The lowest BCUT2D eigenvalue weighted by Gasteiger charge is -2.15. The summed E-state index contributed by atoms with van der Waals surface area (Å²) in [5, 5.41) is 2.95. The van der Waals surface area contributed by atoms with E-state index in [1.807, 2.05) is 13.8 Å². The highest BCUT2D eigenvalue weighted by Gasteiger charge is 2.13. The van der Waals surface area contributed by atoms with Crippen LogP contribution in [-0.4, -0.2) is 4.98 Å². The van der Waals surface area contributed by atoms with Gasteiger partial charge in [-0.15, -0.1) is 11.3 Å². The molecular formula is C12H12F2N2S. The smallest absolute Gasteiger partial charge is 0.146 e. The molecule has 0 aliphatic carbocycles. The molecule has 0 aliphatic rings. The Bertz CT molecular complexity index is 525. The minimum Gasteiger partial charge on any atom is -0.375 e. The van der Waals surface area contributed by atoms with Gasteiger partial charge < -0.3 is 5.32 Å². The van der Waals surface area contributed by atoms with Crippen molar-refractivity contribution in [1.29, 1.82) is 0 Å². The minimum atomic E-state index is -0.458. The standard InChI is InChI=1S/C12H12F2N2S/c1-7-12(17-6-15-7)8(2)16-11-5-9(13)3-4-10(11)14/h3-6,8,16H,1-2H3. The molecule has 0 radical (unpaired) electrons. The van der Waals surface area contributed by atoms with Gasteiger partial charge in [0.05, 0.1) is 22.9 Å². The topological polar surface area (TPSA) is 24.9 Å². The maximum Gasteiger partial charge on any atom is 0.146 e. The van der Waals surface area contributed by atoms with Crippen LogP contribution in [0.15, 0.2) is 23.7 Å². The average Bonchev–Trinajstić information content (AvgIpc) is 2.70. The molecular weight excluding hydrogens is 242 g/mol. The predicted molar refractivity (Wildman–Crippen MR) is 65.2 cm³/mol. The van der Waals surface area contributed by atoms with Gasteiger partial charge in [-0.05, 0) is 32.0 Å². The van der Waals surface area contributed by atoms with Crippen LogP contribution in [0.25, 0.3) is 0 Å². The fourth-order valence-corrected chi connectivity index (χ4v) is 2.44. The molecule has 2 rings (SSSR count). The molecule has 0 amide bonds. The quantitative estimate of drug-likeness (QED) is 0.898. The van der Waals surface area contributed by atoms with Gasteiger partial charge in [-0.25, -0.2) is 13.8 Å². The van der Waals surface area contributed by atoms with Crippen molar-refractivity contribution in [2.75, 3.05) is 5.32 Å². The fraction of sp³-hybridized carbons (Fsp3) is 0.250. The highest BCUT2D eigenvalue weighted by atomic mass is 32.1. The van der Waals surface area contributed by atoms with E-state index in [1.165, 1.54) is 11.3 Å². The summed E-state index contributed by atoms with van der Waals surface area (Å²) in [5.74, 6) is -0.914. The molecule has 0 bridgehead atoms. The Morgan fingerprint density at radius 1 is 1.35 bits per heavy atom. The van der Waals surface area contributed by atoms with Crippen LogP contribution in [0.2, 0.25) is 0 Å². The van der Waals surface area contributed by atoms with Crippen molar-refractivity contribution in [3.63, 3.8) is 0 Å². The molecule has 1 atom stereocenters. The number of aromatic nitrogens is 1. The molecule has 5 heteroatoms. The second kappa shape index (κ2) is 4.79. The third kappa shape index (κ3) is 2.61. The molecule has 0 fully saturated rings. The first-order chi connectivity index (χ1) is 8.08. The second-order valence-corrected chi connectivity index (χ2v) is 4.68. The fourth-order valence-electron chi connectivity index (χ4n) is 1.63. The van der Waals surface area contributed by atoms with E-state index in [-0.39, 0.29) is 11.7 Å². The van der Waals surface area contributed by atoms with Crippen LogP contribution >= 0.6 is 11.3 Å². The molecule has 1 unspecified atom stereocenters. The maximum absolute atomic E-state index is 13.4. The molecule has 0 saturated heterocycles. The average molecular weight is 254 g/mol. The van der Waals surface area contributed by atoms with Gasteiger partial charge in [0.1, 0.15) is 11.6 Å². The predicted octanol–water partition coefficient (Wildman–Crippen LogP) is 3.90. The van der Waals surface area contributed by atoms with Crippen LogP contribution in [0.3, 0.4) is 0 Å². The highest BCUT2D eigenvalue weighted by molar-refractivity contribution is 7.09. The zero-order valence-corrected chi connectivity index (χ0v) is 10.3. The second-order valence-electron chi connectivity index (χ2n) is 3.79. The van der Waals surface area contributed by atoms with Crippen molar-refractivity contribution in [2.24, 2.45) is 0 Å². The highest BCUT2D eigenvalue weighted by Crippen LogP contribution is 2.26. The number of halogens is 2. The molecule has 2 nitrogen and oxygen atoms in total. The minimum absolute atomic E-state index is 0.0983. The molecule has 1 heterocycles. The van der Waals surface area contributed by atoms with Gasteiger partial charge in [0.15, 0.2) is 0 Å². The van der Waals surface area contributed by atoms with Crippen LogP contribution in [0.4, 0.5) is 14.5 Å². The number of hydrogen-bond donors (Lipinski definition) is 1. The van der Waals surface area contributed by atoms with Crippen molar-refractivity contribution in [1.82, 2.24) is 4.98 Å². The van der Waals surface area contributed by atoms with E-state index in [0.717, 1.165) is 28.8 Å². The van der Waals surface area contributed by atoms with E-state index in [4.69, 9.17) is 0 Å². The van der Waals surface area contributed by atoms with Crippen LogP contribution in [-0.2, 0) is 0 Å². The number of rotatable bonds is 3. The number of nitrogens with zero attached hydrogens (tertiary/aromatic N) is 1. The lowest BCUT2D eigenvalue weighted by Crippen LogP contribution is -2.08. The summed E-state index contributed by atoms with van der Waals surface area (Å²) in [4.78, 5) is 5.15. The van der Waals surface area contributed by atoms with E-state index in [2.05, 4.69) is 10.3 Å². The Hall–Kier alpha value is -1.49. The summed E-state index contributed by atoms with van der Waals surface area (Å²) in [6, 6.07) is 3.27. The van der Waals surface area contributed by atoms with E-state index < -0.39 is 11.6 Å². The van der Waals surface area contributed by atoms with Gasteiger partial charge in [0, 0.05) is 4.88 Å². The molecule has 1 aromatic carbocycles. The van der Waals surface area contributed by atoms with Crippen LogP contribution in [0.5, 0.6) is 0 Å². The lowest BCUT2D eigenvalue weighted by atomic mass is 10.2. The molecule has 0 spiro atoms. The summed E-state index contributed by atoms with van der Waals surface area (Å²) in [7, 11) is 0. The molecule has 90 valence electrons. The van der Waals surface area contributed by atoms with E-state index in [0.29, 0.717) is 0 Å². The van der Waals surface area contributed by atoms with E-state index >= 15 is 0 Å². The van der Waals surface area contributed by atoms with Gasteiger partial charge >= 0.3 is 0 Å². The van der Waals surface area contributed by atoms with Crippen molar-refractivity contribution in [3.05, 3.63) is 45.9 Å². The van der Waals surface area contributed by atoms with E-state index in [1.54, 1.807) is 5.51 Å². The lowest BCUT2D eigenvalue weighted by molar-refractivity contribution is 0.600. The van der Waals surface area contributed by atoms with Crippen LogP contribution in [0, 0.1) is 18.6 Å². The first kappa shape index (κ1) is 12.0. The number of anilines is 1. The number of hydrogen-bond acceptors (Lipinski definition) is 3. The van der Waals surface area contributed by atoms with Crippen molar-refractivity contribution >= 4 is 17.0 Å². The van der Waals surface area contributed by atoms with Crippen LogP contribution < -0.4 is 5.32 Å². The zero-order chi connectivity index (χ0) is 12.4. The molecule has 2 aromatic rings. The monoisotopic (exact) mass is 254 g/mol. The van der Waals surface area contributed by atoms with Gasteiger partial charge in [0.25, 0.3) is 0 Å². The Balaban J connectivity index is 2.21. The molecule has 0 saturated carbocycles. The number of benzene rings is 1. The van der Waals surface area contributed by atoms with Gasteiger partial charge in [-0.3, -0.25) is 0 Å². The summed E-state index contributed by atoms with van der Waals surface area (Å²) >= 11 is 1.50. The number of aryl methyl sites for hydroxylation is 1. The van der Waals surface area contributed by atoms with Crippen molar-refractivity contribution < 1.29 is 8.78 Å². The third-order valence-electron chi connectivity index (χ3n) is 2.48. The summed E-state index contributed by atoms with van der Waals surface area (Å²) in [5.41, 5.74) is 2.82. The van der Waals surface area contributed by atoms with E-state index in [9.17, 15) is 8.78 Å². The first-order valence-electron chi connectivity index (χ1n) is 5.19. The Morgan fingerprint density at radius 2 is 2.12 bits per heavy atom. The zero-order valence-electron chi connectivity index (χ0n) is 9.50. The van der Waals surface area contributed by atoms with Gasteiger partial charge in [-0.1, -0.05) is 0 Å².